The van der Waals surface area contributed by atoms with Crippen molar-refractivity contribution in [2.45, 2.75) is 13.3 Å². The van der Waals surface area contributed by atoms with Gasteiger partial charge in [0.2, 0.25) is 0 Å². The van der Waals surface area contributed by atoms with Gasteiger partial charge in [0.05, 0.1) is 0 Å². The molecule has 20 heavy (non-hydrogen) atoms. The number of hydrogen-bond acceptors (Lipinski definition) is 3. The van der Waals surface area contributed by atoms with Gasteiger partial charge < -0.3 is 10.0 Å². The molecule has 1 amide bonds. The van der Waals surface area contributed by atoms with E-state index in [1.807, 2.05) is 41.8 Å². The zero-order valence-corrected chi connectivity index (χ0v) is 12.5. The summed E-state index contributed by atoms with van der Waals surface area (Å²) >= 11 is 1.91. The lowest BCUT2D eigenvalue weighted by Crippen LogP contribution is -2.33. The SMILES string of the molecule is Cc1cc(C#CCO)cc(C(=O)N2CCCSCC2)c1. The molecule has 0 radical (unpaired) electrons. The topological polar surface area (TPSA) is 40.5 Å². The zero-order chi connectivity index (χ0) is 14.4. The highest BCUT2D eigenvalue weighted by Gasteiger charge is 2.17. The van der Waals surface area contributed by atoms with Crippen LogP contribution in [0.15, 0.2) is 18.2 Å². The van der Waals surface area contributed by atoms with Gasteiger partial charge in [-0.3, -0.25) is 4.79 Å². The minimum atomic E-state index is -0.166. The van der Waals surface area contributed by atoms with Gasteiger partial charge in [0.25, 0.3) is 5.91 Å². The maximum Gasteiger partial charge on any atom is 0.253 e. The number of carbonyl (C=O) groups is 1. The van der Waals surface area contributed by atoms with Crippen molar-refractivity contribution in [3.05, 3.63) is 34.9 Å². The van der Waals surface area contributed by atoms with Gasteiger partial charge >= 0.3 is 0 Å². The first-order valence-electron chi connectivity index (χ1n) is 6.79. The molecule has 0 atom stereocenters. The molecule has 1 aliphatic rings. The summed E-state index contributed by atoms with van der Waals surface area (Å²) in [6.45, 7) is 3.44. The molecular weight excluding hydrogens is 270 g/mol. The molecule has 0 aliphatic carbocycles. The minimum Gasteiger partial charge on any atom is -0.384 e. The summed E-state index contributed by atoms with van der Waals surface area (Å²) in [6, 6.07) is 5.65. The lowest BCUT2D eigenvalue weighted by molar-refractivity contribution is 0.0768. The Kier molecular flexibility index (Phi) is 5.51. The lowest BCUT2D eigenvalue weighted by atomic mass is 10.1. The van der Waals surface area contributed by atoms with Gasteiger partial charge in [-0.05, 0) is 42.9 Å². The fraction of sp³-hybridized carbons (Fsp3) is 0.438. The van der Waals surface area contributed by atoms with E-state index in [0.717, 1.165) is 42.1 Å². The van der Waals surface area contributed by atoms with E-state index in [9.17, 15) is 4.79 Å². The molecule has 1 heterocycles. The number of aliphatic hydroxyl groups excluding tert-OH is 1. The Morgan fingerprint density at radius 3 is 3.00 bits per heavy atom. The monoisotopic (exact) mass is 289 g/mol. The highest BCUT2D eigenvalue weighted by Crippen LogP contribution is 2.15. The first-order valence-corrected chi connectivity index (χ1v) is 7.94. The van der Waals surface area contributed by atoms with Gasteiger partial charge in [-0.1, -0.05) is 11.8 Å². The zero-order valence-electron chi connectivity index (χ0n) is 11.7. The van der Waals surface area contributed by atoms with E-state index in [2.05, 4.69) is 11.8 Å². The van der Waals surface area contributed by atoms with E-state index >= 15 is 0 Å². The molecule has 1 aromatic carbocycles. The third-order valence-electron chi connectivity index (χ3n) is 3.15. The van der Waals surface area contributed by atoms with Gasteiger partial charge in [0, 0.05) is 30.0 Å². The van der Waals surface area contributed by atoms with Gasteiger partial charge in [-0.15, -0.1) is 0 Å². The first-order chi connectivity index (χ1) is 9.70. The minimum absolute atomic E-state index is 0.0863. The largest absolute Gasteiger partial charge is 0.384 e. The second-order valence-corrected chi connectivity index (χ2v) is 6.03. The molecule has 1 aromatic rings. The fourth-order valence-electron chi connectivity index (χ4n) is 2.25. The Bertz CT molecular complexity index is 537. The number of hydrogen-bond donors (Lipinski definition) is 1. The molecule has 0 spiro atoms. The molecular formula is C16H19NO2S. The average Bonchev–Trinajstić information content (AvgIpc) is 2.72. The smallest absolute Gasteiger partial charge is 0.253 e. The molecule has 1 N–H and O–H groups in total. The number of aliphatic hydroxyl groups is 1. The van der Waals surface area contributed by atoms with Crippen LogP contribution in [-0.4, -0.2) is 47.1 Å². The Morgan fingerprint density at radius 2 is 2.20 bits per heavy atom. The van der Waals surface area contributed by atoms with Crippen molar-refractivity contribution < 1.29 is 9.90 Å². The Hall–Kier alpha value is -1.44. The van der Waals surface area contributed by atoms with Crippen LogP contribution in [-0.2, 0) is 0 Å². The van der Waals surface area contributed by atoms with E-state index in [-0.39, 0.29) is 12.5 Å². The van der Waals surface area contributed by atoms with Crippen LogP contribution in [0.4, 0.5) is 0 Å². The van der Waals surface area contributed by atoms with Crippen LogP contribution in [0.3, 0.4) is 0 Å². The van der Waals surface area contributed by atoms with Crippen molar-refractivity contribution in [3.63, 3.8) is 0 Å². The number of amides is 1. The molecule has 1 fully saturated rings. The van der Waals surface area contributed by atoms with Crippen molar-refractivity contribution in [2.75, 3.05) is 31.2 Å². The lowest BCUT2D eigenvalue weighted by Gasteiger charge is -2.20. The number of carbonyl (C=O) groups excluding carboxylic acids is 1. The molecule has 2 rings (SSSR count). The van der Waals surface area contributed by atoms with Crippen LogP contribution in [0, 0.1) is 18.8 Å². The van der Waals surface area contributed by atoms with E-state index in [1.165, 1.54) is 0 Å². The highest BCUT2D eigenvalue weighted by atomic mass is 32.2. The van der Waals surface area contributed by atoms with Gasteiger partial charge in [0.1, 0.15) is 6.61 Å². The highest BCUT2D eigenvalue weighted by molar-refractivity contribution is 7.99. The molecule has 1 aliphatic heterocycles. The molecule has 106 valence electrons. The van der Waals surface area contributed by atoms with Gasteiger partial charge in [-0.25, -0.2) is 0 Å². The summed E-state index contributed by atoms with van der Waals surface area (Å²) in [5.74, 6) is 7.72. The molecule has 0 aromatic heterocycles. The Labute approximate surface area is 124 Å². The van der Waals surface area contributed by atoms with E-state index in [4.69, 9.17) is 5.11 Å². The number of benzene rings is 1. The number of aryl methyl sites for hydroxylation is 1. The third kappa shape index (κ3) is 4.03. The third-order valence-corrected chi connectivity index (χ3v) is 4.19. The molecule has 3 nitrogen and oxygen atoms in total. The van der Waals surface area contributed by atoms with Crippen molar-refractivity contribution >= 4 is 17.7 Å². The Morgan fingerprint density at radius 1 is 1.35 bits per heavy atom. The molecule has 0 unspecified atom stereocenters. The number of rotatable bonds is 1. The van der Waals surface area contributed by atoms with E-state index < -0.39 is 0 Å². The molecule has 0 saturated carbocycles. The van der Waals surface area contributed by atoms with Crippen LogP contribution < -0.4 is 0 Å². The fourth-order valence-corrected chi connectivity index (χ4v) is 3.14. The first kappa shape index (κ1) is 15.0. The molecule has 1 saturated heterocycles. The van der Waals surface area contributed by atoms with Crippen molar-refractivity contribution in [1.82, 2.24) is 4.90 Å². The number of nitrogens with zero attached hydrogens (tertiary/aromatic N) is 1. The summed E-state index contributed by atoms with van der Waals surface area (Å²) in [5, 5.41) is 8.76. The van der Waals surface area contributed by atoms with Crippen LogP contribution in [0.1, 0.15) is 27.9 Å². The second kappa shape index (κ2) is 7.37. The normalized spacial score (nSPS) is 15.2. The maximum absolute atomic E-state index is 12.5. The van der Waals surface area contributed by atoms with Crippen LogP contribution in [0.5, 0.6) is 0 Å². The summed E-state index contributed by atoms with van der Waals surface area (Å²) in [5.41, 5.74) is 2.49. The standard InChI is InChI=1S/C16H19NO2S/c1-13-10-14(4-2-7-18)12-15(11-13)16(19)17-5-3-8-20-9-6-17/h10-12,18H,3,5-9H2,1H3. The predicted octanol–water partition coefficient (Wildman–Crippen LogP) is 1.92. The average molecular weight is 289 g/mol. The van der Waals surface area contributed by atoms with Crippen molar-refractivity contribution in [1.29, 1.82) is 0 Å². The van der Waals surface area contributed by atoms with Crippen LogP contribution in [0.25, 0.3) is 0 Å². The van der Waals surface area contributed by atoms with E-state index in [0.29, 0.717) is 5.56 Å². The summed E-state index contributed by atoms with van der Waals surface area (Å²) in [4.78, 5) is 14.5. The quantitative estimate of drug-likeness (QED) is 0.803. The van der Waals surface area contributed by atoms with E-state index in [1.54, 1.807) is 0 Å². The van der Waals surface area contributed by atoms with Crippen molar-refractivity contribution in [3.8, 4) is 11.8 Å². The Balaban J connectivity index is 2.22. The van der Waals surface area contributed by atoms with Gasteiger partial charge in [-0.2, -0.15) is 11.8 Å². The summed E-state index contributed by atoms with van der Waals surface area (Å²) in [6.07, 6.45) is 1.05. The van der Waals surface area contributed by atoms with Crippen LogP contribution in [0.2, 0.25) is 0 Å². The van der Waals surface area contributed by atoms with Gasteiger partial charge in [0.15, 0.2) is 0 Å². The summed E-state index contributed by atoms with van der Waals surface area (Å²) < 4.78 is 0. The van der Waals surface area contributed by atoms with Crippen molar-refractivity contribution in [2.24, 2.45) is 0 Å². The summed E-state index contributed by atoms with van der Waals surface area (Å²) in [7, 11) is 0. The number of thioether (sulfide) groups is 1. The second-order valence-electron chi connectivity index (χ2n) is 4.81. The molecule has 0 bridgehead atoms. The molecule has 4 heteroatoms. The predicted molar refractivity (Wildman–Crippen MR) is 83.0 cm³/mol. The maximum atomic E-state index is 12.5. The van der Waals surface area contributed by atoms with Crippen LogP contribution >= 0.6 is 11.8 Å².